The van der Waals surface area contributed by atoms with Crippen molar-refractivity contribution in [2.75, 3.05) is 48.3 Å². The van der Waals surface area contributed by atoms with Crippen molar-refractivity contribution in [3.63, 3.8) is 0 Å². The third kappa shape index (κ3) is 8.35. The van der Waals surface area contributed by atoms with E-state index in [1.54, 1.807) is 23.4 Å². The highest BCUT2D eigenvalue weighted by Crippen LogP contribution is 2.27. The number of hydrogen-bond acceptors (Lipinski definition) is 11. The Kier molecular flexibility index (Phi) is 10.2. The highest BCUT2D eigenvalue weighted by Gasteiger charge is 2.25. The standard InChI is InChI=1S/C32H37N9O5S/c1-32(2,3)23-20-47-31(36-23)38-28(45)21-10-14-41-24(19-21)37-27(22(29(41)46)8-9-26(43)44)40-17-15-39(16-18-40)25(42)7-4-5-11-33-30-34-12-6-13-35-30/h6,8-10,12-14,19-20H,4-5,7,11,15-18H2,1-3H3,(H,43,44)(H,33,34,35)(H,36,38,45). The Morgan fingerprint density at radius 3 is 2.49 bits per heavy atom. The molecule has 0 unspecified atom stereocenters. The van der Waals surface area contributed by atoms with E-state index in [0.717, 1.165) is 18.2 Å². The third-order valence-corrected chi connectivity index (χ3v) is 8.35. The first kappa shape index (κ1) is 33.2. The minimum atomic E-state index is -1.20. The van der Waals surface area contributed by atoms with E-state index in [4.69, 9.17) is 4.98 Å². The molecule has 0 saturated carbocycles. The predicted molar refractivity (Wildman–Crippen MR) is 180 cm³/mol. The van der Waals surface area contributed by atoms with Crippen LogP contribution in [0.5, 0.6) is 0 Å². The van der Waals surface area contributed by atoms with Crippen LogP contribution in [-0.4, -0.2) is 84.9 Å². The zero-order valence-corrected chi connectivity index (χ0v) is 27.3. The van der Waals surface area contributed by atoms with Crippen LogP contribution in [0.4, 0.5) is 16.9 Å². The van der Waals surface area contributed by atoms with Gasteiger partial charge in [-0.25, -0.2) is 24.7 Å². The Balaban J connectivity index is 1.28. The van der Waals surface area contributed by atoms with Crippen LogP contribution in [0.1, 0.15) is 61.6 Å². The molecule has 4 aromatic rings. The monoisotopic (exact) mass is 659 g/mol. The molecule has 0 aromatic carbocycles. The predicted octanol–water partition coefficient (Wildman–Crippen LogP) is 3.52. The molecule has 0 spiro atoms. The van der Waals surface area contributed by atoms with Crippen LogP contribution in [0.15, 0.2) is 53.0 Å². The second kappa shape index (κ2) is 14.5. The van der Waals surface area contributed by atoms with Gasteiger partial charge < -0.3 is 20.2 Å². The normalized spacial score (nSPS) is 13.7. The number of carbonyl (C=O) groups is 3. The van der Waals surface area contributed by atoms with Gasteiger partial charge in [-0.3, -0.25) is 24.1 Å². The zero-order valence-electron chi connectivity index (χ0n) is 26.5. The van der Waals surface area contributed by atoms with E-state index in [9.17, 15) is 24.3 Å². The lowest BCUT2D eigenvalue weighted by atomic mass is 9.93. The van der Waals surface area contributed by atoms with Crippen LogP contribution in [-0.2, 0) is 15.0 Å². The number of unbranched alkanes of at least 4 members (excludes halogenated alkanes) is 1. The number of carboxylic acid groups (broad SMARTS) is 1. The zero-order chi connectivity index (χ0) is 33.6. The SMILES string of the molecule is CC(C)(C)c1csc(NC(=O)c2ccn3c(=O)c(C=CC(=O)O)c(N4CCN(C(=O)CCCCNc5ncccn5)CC4)nc3c2)n1. The molecule has 47 heavy (non-hydrogen) atoms. The molecule has 15 heteroatoms. The van der Waals surface area contributed by atoms with Crippen molar-refractivity contribution in [3.05, 3.63) is 75.4 Å². The molecule has 5 rings (SSSR count). The molecular weight excluding hydrogens is 622 g/mol. The Morgan fingerprint density at radius 1 is 1.06 bits per heavy atom. The van der Waals surface area contributed by atoms with Crippen LogP contribution in [0, 0.1) is 0 Å². The molecule has 1 saturated heterocycles. The highest BCUT2D eigenvalue weighted by molar-refractivity contribution is 7.14. The first-order valence-electron chi connectivity index (χ1n) is 15.3. The summed E-state index contributed by atoms with van der Waals surface area (Å²) in [5.74, 6) is -0.709. The number of rotatable bonds is 11. The van der Waals surface area contributed by atoms with Gasteiger partial charge in [0.2, 0.25) is 11.9 Å². The average Bonchev–Trinajstić information content (AvgIpc) is 3.53. The van der Waals surface area contributed by atoms with Gasteiger partial charge in [0.25, 0.3) is 11.5 Å². The molecule has 3 N–H and O–H groups in total. The van der Waals surface area contributed by atoms with E-state index in [1.165, 1.54) is 40.1 Å². The van der Waals surface area contributed by atoms with Crippen LogP contribution in [0.25, 0.3) is 11.7 Å². The molecule has 0 atom stereocenters. The first-order valence-corrected chi connectivity index (χ1v) is 16.2. The fourth-order valence-corrected chi connectivity index (χ4v) is 5.92. The van der Waals surface area contributed by atoms with Gasteiger partial charge in [-0.15, -0.1) is 11.3 Å². The molecule has 1 fully saturated rings. The van der Waals surface area contributed by atoms with Crippen molar-refractivity contribution in [3.8, 4) is 0 Å². The maximum Gasteiger partial charge on any atom is 0.328 e. The van der Waals surface area contributed by atoms with E-state index in [2.05, 4.69) is 25.6 Å². The van der Waals surface area contributed by atoms with E-state index < -0.39 is 17.4 Å². The maximum absolute atomic E-state index is 13.6. The number of carbonyl (C=O) groups excluding carboxylic acids is 2. The summed E-state index contributed by atoms with van der Waals surface area (Å²) in [6.07, 6.45) is 8.81. The Labute approximate surface area is 275 Å². The third-order valence-electron chi connectivity index (χ3n) is 7.59. The smallest absolute Gasteiger partial charge is 0.328 e. The molecule has 0 radical (unpaired) electrons. The van der Waals surface area contributed by atoms with Gasteiger partial charge in [0.05, 0.1) is 11.3 Å². The van der Waals surface area contributed by atoms with Crippen LogP contribution in [0.3, 0.4) is 0 Å². The molecule has 0 aliphatic carbocycles. The number of piperazine rings is 1. The Hall–Kier alpha value is -5.18. The summed E-state index contributed by atoms with van der Waals surface area (Å²) in [5, 5.41) is 17.6. The minimum Gasteiger partial charge on any atom is -0.478 e. The van der Waals surface area contributed by atoms with Gasteiger partial charge in [-0.1, -0.05) is 20.8 Å². The van der Waals surface area contributed by atoms with Gasteiger partial charge in [0, 0.05) is 80.2 Å². The molecule has 14 nitrogen and oxygen atoms in total. The first-order chi connectivity index (χ1) is 22.5. The molecule has 1 aliphatic heterocycles. The fraction of sp³-hybridized carbons (Fsp3) is 0.375. The van der Waals surface area contributed by atoms with E-state index in [1.807, 2.05) is 31.1 Å². The summed E-state index contributed by atoms with van der Waals surface area (Å²) in [6.45, 7) is 8.42. The number of aromatic nitrogens is 5. The van der Waals surface area contributed by atoms with Crippen LogP contribution in [0.2, 0.25) is 0 Å². The van der Waals surface area contributed by atoms with Gasteiger partial charge >= 0.3 is 5.97 Å². The van der Waals surface area contributed by atoms with Crippen molar-refractivity contribution >= 4 is 57.7 Å². The van der Waals surface area contributed by atoms with Gasteiger partial charge in [-0.2, -0.15) is 0 Å². The Bertz CT molecular complexity index is 1840. The van der Waals surface area contributed by atoms with Crippen LogP contribution < -0.4 is 21.1 Å². The van der Waals surface area contributed by atoms with Crippen molar-refractivity contribution in [1.82, 2.24) is 29.2 Å². The number of aliphatic carboxylic acids is 1. The summed E-state index contributed by atoms with van der Waals surface area (Å²) in [4.78, 5) is 72.1. The second-order valence-electron chi connectivity index (χ2n) is 12.0. The number of carboxylic acids is 1. The van der Waals surface area contributed by atoms with E-state index in [0.29, 0.717) is 62.5 Å². The topological polar surface area (TPSA) is 175 Å². The lowest BCUT2D eigenvalue weighted by Crippen LogP contribution is -2.49. The lowest BCUT2D eigenvalue weighted by Gasteiger charge is -2.36. The molecule has 246 valence electrons. The molecular formula is C32H37N9O5S. The van der Waals surface area contributed by atoms with E-state index >= 15 is 0 Å². The highest BCUT2D eigenvalue weighted by atomic mass is 32.1. The van der Waals surface area contributed by atoms with Gasteiger partial charge in [0.1, 0.15) is 11.5 Å². The van der Waals surface area contributed by atoms with Gasteiger partial charge in [-0.05, 0) is 37.1 Å². The van der Waals surface area contributed by atoms with E-state index in [-0.39, 0.29) is 28.1 Å². The maximum atomic E-state index is 13.6. The largest absolute Gasteiger partial charge is 0.478 e. The molecule has 2 amide bonds. The second-order valence-corrected chi connectivity index (χ2v) is 12.9. The quantitative estimate of drug-likeness (QED) is 0.159. The van der Waals surface area contributed by atoms with Crippen molar-refractivity contribution in [2.45, 2.75) is 45.4 Å². The summed E-state index contributed by atoms with van der Waals surface area (Å²) in [5.41, 5.74) is 0.848. The lowest BCUT2D eigenvalue weighted by molar-refractivity contribution is -0.132. The number of thiazole rings is 1. The van der Waals surface area contributed by atoms with Crippen molar-refractivity contribution in [2.24, 2.45) is 0 Å². The minimum absolute atomic E-state index is 0.0450. The van der Waals surface area contributed by atoms with Crippen molar-refractivity contribution < 1.29 is 19.5 Å². The number of amides is 2. The van der Waals surface area contributed by atoms with Gasteiger partial charge in [0.15, 0.2) is 5.13 Å². The Morgan fingerprint density at radius 2 is 1.81 bits per heavy atom. The number of anilines is 3. The molecule has 5 heterocycles. The number of nitrogens with one attached hydrogen (secondary N) is 2. The summed E-state index contributed by atoms with van der Waals surface area (Å²) in [7, 11) is 0. The number of hydrogen-bond donors (Lipinski definition) is 3. The number of fused-ring (bicyclic) bond motifs is 1. The molecule has 1 aliphatic rings. The molecule has 0 bridgehead atoms. The number of pyridine rings is 1. The average molecular weight is 660 g/mol. The van der Waals surface area contributed by atoms with Crippen molar-refractivity contribution in [1.29, 1.82) is 0 Å². The molecule has 4 aromatic heterocycles. The number of nitrogens with zero attached hydrogens (tertiary/aromatic N) is 7. The van der Waals surface area contributed by atoms with Crippen LogP contribution >= 0.6 is 11.3 Å². The summed E-state index contributed by atoms with van der Waals surface area (Å²) >= 11 is 1.33. The summed E-state index contributed by atoms with van der Waals surface area (Å²) < 4.78 is 1.28. The summed E-state index contributed by atoms with van der Waals surface area (Å²) in [6, 6.07) is 4.77. The fourth-order valence-electron chi connectivity index (χ4n) is 4.99.